The summed E-state index contributed by atoms with van der Waals surface area (Å²) in [5.74, 6) is 0.919. The number of benzene rings is 2. The minimum Gasteiger partial charge on any atom is -0.352 e. The molecule has 24 heavy (non-hydrogen) atoms. The van der Waals surface area contributed by atoms with Crippen molar-refractivity contribution < 1.29 is 4.79 Å². The summed E-state index contributed by atoms with van der Waals surface area (Å²) in [4.78, 5) is 16.6. The molecule has 0 aliphatic rings. The van der Waals surface area contributed by atoms with E-state index >= 15 is 0 Å². The second-order valence-corrected chi connectivity index (χ2v) is 6.54. The van der Waals surface area contributed by atoms with Gasteiger partial charge in [0.2, 0.25) is 0 Å². The van der Waals surface area contributed by atoms with Crippen LogP contribution >= 0.6 is 11.8 Å². The number of rotatable bonds is 7. The lowest BCUT2D eigenvalue weighted by atomic mass is 10.1. The van der Waals surface area contributed by atoms with E-state index in [1.807, 2.05) is 42.7 Å². The summed E-state index contributed by atoms with van der Waals surface area (Å²) in [6.07, 6.45) is 4.79. The maximum atomic E-state index is 12.2. The molecular weight excluding hydrogens is 318 g/mol. The van der Waals surface area contributed by atoms with Crippen LogP contribution in [0.15, 0.2) is 54.9 Å². The summed E-state index contributed by atoms with van der Waals surface area (Å²) in [6, 6.07) is 15.9. The molecule has 4 nitrogen and oxygen atoms in total. The van der Waals surface area contributed by atoms with Gasteiger partial charge in [-0.3, -0.25) is 4.79 Å². The number of para-hydroxylation sites is 2. The Balaban J connectivity index is 1.51. The topological polar surface area (TPSA) is 46.9 Å². The van der Waals surface area contributed by atoms with Crippen LogP contribution in [0, 0.1) is 0 Å². The van der Waals surface area contributed by atoms with E-state index in [2.05, 4.69) is 33.3 Å². The molecular formula is C19H21N3OS. The molecule has 0 fully saturated rings. The summed E-state index contributed by atoms with van der Waals surface area (Å²) in [5.41, 5.74) is 4.05. The highest BCUT2D eigenvalue weighted by molar-refractivity contribution is 7.97. The standard InChI is InChI=1S/C19H21N3OS/c1-24-13-15-6-4-7-16(12-15)19(23)20-10-5-11-22-14-21-17-8-2-3-9-18(17)22/h2-4,6-9,12,14H,5,10-11,13H2,1H3,(H,20,23). The number of nitrogens with one attached hydrogen (secondary N) is 1. The van der Waals surface area contributed by atoms with Crippen LogP contribution in [0.2, 0.25) is 0 Å². The first kappa shape index (κ1) is 16.6. The van der Waals surface area contributed by atoms with Crippen molar-refractivity contribution in [2.75, 3.05) is 12.8 Å². The zero-order valence-electron chi connectivity index (χ0n) is 13.7. The van der Waals surface area contributed by atoms with Gasteiger partial charge in [0.25, 0.3) is 5.91 Å². The van der Waals surface area contributed by atoms with Crippen LogP contribution in [-0.2, 0) is 12.3 Å². The Kier molecular flexibility index (Phi) is 5.54. The molecule has 124 valence electrons. The average molecular weight is 339 g/mol. The number of amides is 1. The number of nitrogens with zero attached hydrogens (tertiary/aromatic N) is 2. The number of thioether (sulfide) groups is 1. The van der Waals surface area contributed by atoms with E-state index in [1.165, 1.54) is 5.56 Å². The molecule has 0 spiro atoms. The highest BCUT2D eigenvalue weighted by Crippen LogP contribution is 2.13. The van der Waals surface area contributed by atoms with Crippen molar-refractivity contribution in [2.24, 2.45) is 0 Å². The number of fused-ring (bicyclic) bond motifs is 1. The smallest absolute Gasteiger partial charge is 0.251 e. The van der Waals surface area contributed by atoms with E-state index in [0.29, 0.717) is 6.54 Å². The van der Waals surface area contributed by atoms with Crippen molar-refractivity contribution in [1.82, 2.24) is 14.9 Å². The van der Waals surface area contributed by atoms with Crippen molar-refractivity contribution in [3.05, 3.63) is 66.0 Å². The number of imidazole rings is 1. The lowest BCUT2D eigenvalue weighted by Gasteiger charge is -2.08. The first-order valence-electron chi connectivity index (χ1n) is 8.04. The molecule has 1 heterocycles. The summed E-state index contributed by atoms with van der Waals surface area (Å²) in [6.45, 7) is 1.49. The van der Waals surface area contributed by atoms with Crippen molar-refractivity contribution in [2.45, 2.75) is 18.7 Å². The van der Waals surface area contributed by atoms with Crippen molar-refractivity contribution >= 4 is 28.7 Å². The highest BCUT2D eigenvalue weighted by Gasteiger charge is 2.06. The largest absolute Gasteiger partial charge is 0.352 e. The quantitative estimate of drug-likeness (QED) is 0.667. The summed E-state index contributed by atoms with van der Waals surface area (Å²) in [5, 5.41) is 3.00. The van der Waals surface area contributed by atoms with E-state index in [9.17, 15) is 4.79 Å². The second kappa shape index (κ2) is 8.02. The number of carbonyl (C=O) groups is 1. The fourth-order valence-electron chi connectivity index (χ4n) is 2.71. The Hall–Kier alpha value is -2.27. The number of aromatic nitrogens is 2. The van der Waals surface area contributed by atoms with Gasteiger partial charge < -0.3 is 9.88 Å². The fraction of sp³-hybridized carbons (Fsp3) is 0.263. The van der Waals surface area contributed by atoms with Crippen LogP contribution in [0.5, 0.6) is 0 Å². The van der Waals surface area contributed by atoms with Gasteiger partial charge in [0, 0.05) is 24.4 Å². The van der Waals surface area contributed by atoms with Crippen LogP contribution in [-0.4, -0.2) is 28.3 Å². The normalized spacial score (nSPS) is 10.9. The zero-order chi connectivity index (χ0) is 16.8. The number of hydrogen-bond acceptors (Lipinski definition) is 3. The van der Waals surface area contributed by atoms with Crippen LogP contribution in [0.3, 0.4) is 0 Å². The van der Waals surface area contributed by atoms with Gasteiger partial charge in [-0.05, 0) is 42.5 Å². The van der Waals surface area contributed by atoms with Crippen molar-refractivity contribution in [3.8, 4) is 0 Å². The lowest BCUT2D eigenvalue weighted by molar-refractivity contribution is 0.0952. The van der Waals surface area contributed by atoms with E-state index in [-0.39, 0.29) is 5.91 Å². The maximum absolute atomic E-state index is 12.2. The molecule has 1 amide bonds. The van der Waals surface area contributed by atoms with Gasteiger partial charge in [-0.2, -0.15) is 11.8 Å². The third kappa shape index (κ3) is 3.97. The van der Waals surface area contributed by atoms with Gasteiger partial charge in [0.15, 0.2) is 0 Å². The van der Waals surface area contributed by atoms with Crippen LogP contribution in [0.1, 0.15) is 22.3 Å². The molecule has 0 bridgehead atoms. The fourth-order valence-corrected chi connectivity index (χ4v) is 3.22. The van der Waals surface area contributed by atoms with Crippen molar-refractivity contribution in [3.63, 3.8) is 0 Å². The molecule has 3 rings (SSSR count). The minimum absolute atomic E-state index is 0.00607. The van der Waals surface area contributed by atoms with Crippen LogP contribution in [0.25, 0.3) is 11.0 Å². The molecule has 0 saturated heterocycles. The molecule has 0 atom stereocenters. The molecule has 1 aromatic heterocycles. The van der Waals surface area contributed by atoms with Crippen LogP contribution < -0.4 is 5.32 Å². The van der Waals surface area contributed by atoms with E-state index in [0.717, 1.165) is 35.3 Å². The predicted octanol–water partition coefficient (Wildman–Crippen LogP) is 3.72. The summed E-state index contributed by atoms with van der Waals surface area (Å²) >= 11 is 1.76. The Morgan fingerprint density at radius 1 is 1.21 bits per heavy atom. The molecule has 0 saturated carbocycles. The Morgan fingerprint density at radius 2 is 2.08 bits per heavy atom. The monoisotopic (exact) mass is 339 g/mol. The Labute approximate surface area is 146 Å². The third-order valence-electron chi connectivity index (χ3n) is 3.89. The predicted molar refractivity (Wildman–Crippen MR) is 100 cm³/mol. The SMILES string of the molecule is CSCc1cccc(C(=O)NCCCn2cnc3ccccc32)c1. The van der Waals surface area contributed by atoms with Crippen LogP contribution in [0.4, 0.5) is 0 Å². The second-order valence-electron chi connectivity index (χ2n) is 5.67. The van der Waals surface area contributed by atoms with Gasteiger partial charge in [0.1, 0.15) is 0 Å². The summed E-state index contributed by atoms with van der Waals surface area (Å²) in [7, 11) is 0. The van der Waals surface area contributed by atoms with Gasteiger partial charge >= 0.3 is 0 Å². The first-order valence-corrected chi connectivity index (χ1v) is 9.43. The molecule has 0 aliphatic carbocycles. The Bertz CT molecular complexity index is 828. The molecule has 3 aromatic rings. The van der Waals surface area contributed by atoms with Gasteiger partial charge in [-0.1, -0.05) is 24.3 Å². The maximum Gasteiger partial charge on any atom is 0.251 e. The van der Waals surface area contributed by atoms with E-state index in [4.69, 9.17) is 0 Å². The van der Waals surface area contributed by atoms with Gasteiger partial charge in [-0.25, -0.2) is 4.98 Å². The van der Waals surface area contributed by atoms with E-state index < -0.39 is 0 Å². The molecule has 5 heteroatoms. The van der Waals surface area contributed by atoms with Crippen molar-refractivity contribution in [1.29, 1.82) is 0 Å². The number of aryl methyl sites for hydroxylation is 1. The van der Waals surface area contributed by atoms with Gasteiger partial charge in [-0.15, -0.1) is 0 Å². The molecule has 2 aromatic carbocycles. The molecule has 0 unspecified atom stereocenters. The molecule has 1 N–H and O–H groups in total. The lowest BCUT2D eigenvalue weighted by Crippen LogP contribution is -2.25. The Morgan fingerprint density at radius 3 is 2.96 bits per heavy atom. The highest BCUT2D eigenvalue weighted by atomic mass is 32.2. The molecule has 0 radical (unpaired) electrons. The number of carbonyl (C=O) groups excluding carboxylic acids is 1. The third-order valence-corrected chi connectivity index (χ3v) is 4.51. The van der Waals surface area contributed by atoms with E-state index in [1.54, 1.807) is 11.8 Å². The minimum atomic E-state index is -0.00607. The average Bonchev–Trinajstić information content (AvgIpc) is 3.02. The summed E-state index contributed by atoms with van der Waals surface area (Å²) < 4.78 is 2.13. The zero-order valence-corrected chi connectivity index (χ0v) is 14.6. The number of hydrogen-bond donors (Lipinski definition) is 1. The first-order chi connectivity index (χ1) is 11.8. The van der Waals surface area contributed by atoms with Gasteiger partial charge in [0.05, 0.1) is 17.4 Å². The molecule has 0 aliphatic heterocycles.